The van der Waals surface area contributed by atoms with Crippen molar-refractivity contribution in [2.75, 3.05) is 19.0 Å². The third-order valence-electron chi connectivity index (χ3n) is 2.77. The number of methoxy groups -OCH3 is 1. The molecule has 0 aliphatic heterocycles. The molecule has 0 saturated heterocycles. The fraction of sp³-hybridized carbons (Fsp3) is 0.467. The van der Waals surface area contributed by atoms with Gasteiger partial charge in [-0.1, -0.05) is 13.8 Å². The topological polar surface area (TPSA) is 90.6 Å². The van der Waals surface area contributed by atoms with E-state index < -0.39 is 12.0 Å². The maximum absolute atomic E-state index is 11.9. The largest absolute Gasteiger partial charge is 0.482 e. The Balaban J connectivity index is 2.50. The van der Waals surface area contributed by atoms with Gasteiger partial charge in [0.05, 0.1) is 13.2 Å². The normalized spacial score (nSPS) is 11.9. The molecule has 6 nitrogen and oxygen atoms in total. The lowest BCUT2D eigenvalue weighted by Gasteiger charge is -2.14. The lowest BCUT2D eigenvalue weighted by Crippen LogP contribution is -2.36. The number of ether oxygens (including phenoxy) is 2. The summed E-state index contributed by atoms with van der Waals surface area (Å²) < 4.78 is 9.68. The SMILES string of the molecule is COC(=O)COc1ccc(NC(=O)[C@@H](N)CC(C)C)cc1. The van der Waals surface area contributed by atoms with Crippen LogP contribution in [-0.2, 0) is 14.3 Å². The van der Waals surface area contributed by atoms with E-state index in [2.05, 4.69) is 10.1 Å². The average Bonchev–Trinajstić information content (AvgIpc) is 2.45. The molecular weight excluding hydrogens is 272 g/mol. The fourth-order valence-corrected chi connectivity index (χ4v) is 1.69. The molecule has 1 atom stereocenters. The predicted molar refractivity (Wildman–Crippen MR) is 80.0 cm³/mol. The molecule has 0 heterocycles. The summed E-state index contributed by atoms with van der Waals surface area (Å²) in [4.78, 5) is 22.8. The van der Waals surface area contributed by atoms with Crippen LogP contribution in [0.1, 0.15) is 20.3 Å². The second kappa shape index (κ2) is 8.26. The van der Waals surface area contributed by atoms with E-state index >= 15 is 0 Å². The number of rotatable bonds is 7. The molecule has 0 fully saturated rings. The number of anilines is 1. The monoisotopic (exact) mass is 294 g/mol. The highest BCUT2D eigenvalue weighted by molar-refractivity contribution is 5.94. The number of carbonyl (C=O) groups excluding carboxylic acids is 2. The van der Waals surface area contributed by atoms with Gasteiger partial charge < -0.3 is 20.5 Å². The van der Waals surface area contributed by atoms with E-state index in [-0.39, 0.29) is 12.5 Å². The van der Waals surface area contributed by atoms with Crippen LogP contribution in [-0.4, -0.2) is 31.6 Å². The Morgan fingerprint density at radius 2 is 1.86 bits per heavy atom. The highest BCUT2D eigenvalue weighted by Crippen LogP contribution is 2.16. The molecule has 3 N–H and O–H groups in total. The molecule has 0 bridgehead atoms. The summed E-state index contributed by atoms with van der Waals surface area (Å²) in [5.74, 6) is 0.212. The van der Waals surface area contributed by atoms with E-state index in [1.165, 1.54) is 7.11 Å². The summed E-state index contributed by atoms with van der Waals surface area (Å²) in [5, 5.41) is 2.74. The number of hydrogen-bond acceptors (Lipinski definition) is 5. The molecular formula is C15H22N2O4. The van der Waals surface area contributed by atoms with Crippen LogP contribution >= 0.6 is 0 Å². The van der Waals surface area contributed by atoms with Crippen molar-refractivity contribution in [3.05, 3.63) is 24.3 Å². The molecule has 0 aliphatic rings. The standard InChI is InChI=1S/C15H22N2O4/c1-10(2)8-13(16)15(19)17-11-4-6-12(7-5-11)21-9-14(18)20-3/h4-7,10,13H,8-9,16H2,1-3H3,(H,17,19)/t13-/m0/s1. The van der Waals surface area contributed by atoms with Crippen molar-refractivity contribution in [2.45, 2.75) is 26.3 Å². The molecule has 1 rings (SSSR count). The van der Waals surface area contributed by atoms with Crippen molar-refractivity contribution in [1.29, 1.82) is 0 Å². The van der Waals surface area contributed by atoms with Crippen LogP contribution in [0.3, 0.4) is 0 Å². The van der Waals surface area contributed by atoms with Crippen molar-refractivity contribution >= 4 is 17.6 Å². The van der Waals surface area contributed by atoms with Crippen LogP contribution in [0.25, 0.3) is 0 Å². The number of benzene rings is 1. The number of esters is 1. The third kappa shape index (κ3) is 6.27. The zero-order valence-corrected chi connectivity index (χ0v) is 12.6. The van der Waals surface area contributed by atoms with Gasteiger partial charge in [-0.25, -0.2) is 4.79 Å². The molecule has 6 heteroatoms. The summed E-state index contributed by atoms with van der Waals surface area (Å²) in [5.41, 5.74) is 6.43. The van der Waals surface area contributed by atoms with Gasteiger partial charge in [0.25, 0.3) is 0 Å². The van der Waals surface area contributed by atoms with Crippen molar-refractivity contribution in [1.82, 2.24) is 0 Å². The molecule has 21 heavy (non-hydrogen) atoms. The van der Waals surface area contributed by atoms with E-state index in [4.69, 9.17) is 10.5 Å². The number of carbonyl (C=O) groups is 2. The lowest BCUT2D eigenvalue weighted by atomic mass is 10.0. The summed E-state index contributed by atoms with van der Waals surface area (Å²) >= 11 is 0. The molecule has 1 aromatic carbocycles. The summed E-state index contributed by atoms with van der Waals surface area (Å²) in [6.45, 7) is 3.88. The Morgan fingerprint density at radius 3 is 2.38 bits per heavy atom. The predicted octanol–water partition coefficient (Wildman–Crippen LogP) is 1.55. The summed E-state index contributed by atoms with van der Waals surface area (Å²) in [6.07, 6.45) is 0.631. The van der Waals surface area contributed by atoms with E-state index in [1.807, 2.05) is 13.8 Å². The van der Waals surface area contributed by atoms with Crippen LogP contribution < -0.4 is 15.8 Å². The minimum atomic E-state index is -0.528. The fourth-order valence-electron chi connectivity index (χ4n) is 1.69. The maximum atomic E-state index is 11.9. The van der Waals surface area contributed by atoms with Gasteiger partial charge in [0.15, 0.2) is 6.61 Å². The van der Waals surface area contributed by atoms with Gasteiger partial charge in [0, 0.05) is 5.69 Å². The van der Waals surface area contributed by atoms with E-state index in [1.54, 1.807) is 24.3 Å². The maximum Gasteiger partial charge on any atom is 0.343 e. The molecule has 116 valence electrons. The molecule has 1 aromatic rings. The zero-order valence-electron chi connectivity index (χ0n) is 12.6. The first kappa shape index (κ1) is 17.0. The first-order valence-corrected chi connectivity index (χ1v) is 6.78. The van der Waals surface area contributed by atoms with Crippen molar-refractivity contribution in [3.63, 3.8) is 0 Å². The highest BCUT2D eigenvalue weighted by Gasteiger charge is 2.14. The number of nitrogens with two attached hydrogens (primary N) is 1. The van der Waals surface area contributed by atoms with Crippen molar-refractivity contribution in [2.24, 2.45) is 11.7 Å². The van der Waals surface area contributed by atoms with Gasteiger partial charge in [-0.3, -0.25) is 4.79 Å². The highest BCUT2D eigenvalue weighted by atomic mass is 16.6. The second-order valence-corrected chi connectivity index (χ2v) is 5.11. The Kier molecular flexibility index (Phi) is 6.68. The minimum Gasteiger partial charge on any atom is -0.482 e. The average molecular weight is 294 g/mol. The van der Waals surface area contributed by atoms with E-state index in [0.717, 1.165) is 0 Å². The number of amides is 1. The minimum absolute atomic E-state index is 0.151. The zero-order chi connectivity index (χ0) is 15.8. The molecule has 0 unspecified atom stereocenters. The Morgan fingerprint density at radius 1 is 1.24 bits per heavy atom. The van der Waals surface area contributed by atoms with Crippen LogP contribution in [0.4, 0.5) is 5.69 Å². The van der Waals surface area contributed by atoms with Gasteiger partial charge in [0.2, 0.25) is 5.91 Å². The van der Waals surface area contributed by atoms with Gasteiger partial charge in [-0.2, -0.15) is 0 Å². The molecule has 0 aliphatic carbocycles. The smallest absolute Gasteiger partial charge is 0.343 e. The van der Waals surface area contributed by atoms with Gasteiger partial charge in [-0.15, -0.1) is 0 Å². The summed E-state index contributed by atoms with van der Waals surface area (Å²) in [6, 6.07) is 6.17. The van der Waals surface area contributed by atoms with Crippen LogP contribution in [0, 0.1) is 5.92 Å². The second-order valence-electron chi connectivity index (χ2n) is 5.11. The number of hydrogen-bond donors (Lipinski definition) is 2. The van der Waals surface area contributed by atoms with E-state index in [9.17, 15) is 9.59 Å². The molecule has 0 spiro atoms. The van der Waals surface area contributed by atoms with Crippen LogP contribution in [0.15, 0.2) is 24.3 Å². The summed E-state index contributed by atoms with van der Waals surface area (Å²) in [7, 11) is 1.30. The number of nitrogens with one attached hydrogen (secondary N) is 1. The van der Waals surface area contributed by atoms with E-state index in [0.29, 0.717) is 23.8 Å². The Bertz CT molecular complexity index is 471. The quantitative estimate of drug-likeness (QED) is 0.745. The molecule has 0 saturated carbocycles. The van der Waals surface area contributed by atoms with Gasteiger partial charge in [-0.05, 0) is 36.6 Å². The lowest BCUT2D eigenvalue weighted by molar-refractivity contribution is -0.142. The first-order chi connectivity index (χ1) is 9.92. The van der Waals surface area contributed by atoms with Gasteiger partial charge >= 0.3 is 5.97 Å². The third-order valence-corrected chi connectivity index (χ3v) is 2.77. The van der Waals surface area contributed by atoms with Crippen LogP contribution in [0.5, 0.6) is 5.75 Å². The van der Waals surface area contributed by atoms with Gasteiger partial charge in [0.1, 0.15) is 5.75 Å². The van der Waals surface area contributed by atoms with Crippen LogP contribution in [0.2, 0.25) is 0 Å². The van der Waals surface area contributed by atoms with Crippen molar-refractivity contribution in [3.8, 4) is 5.75 Å². The Hall–Kier alpha value is -2.08. The molecule has 0 radical (unpaired) electrons. The molecule has 1 amide bonds. The van der Waals surface area contributed by atoms with Crippen molar-refractivity contribution < 1.29 is 19.1 Å². The molecule has 0 aromatic heterocycles. The first-order valence-electron chi connectivity index (χ1n) is 6.78. The Labute approximate surface area is 124 Å².